The Morgan fingerprint density at radius 1 is 0.970 bits per heavy atom. The first kappa shape index (κ1) is 23.1. The monoisotopic (exact) mass is 449 g/mol. The second kappa shape index (κ2) is 9.84. The fourth-order valence-electron chi connectivity index (χ4n) is 5.01. The minimum absolute atomic E-state index is 0.00226. The van der Waals surface area contributed by atoms with Gasteiger partial charge < -0.3 is 10.0 Å². The summed E-state index contributed by atoms with van der Waals surface area (Å²) < 4.78 is 27.9. The molecule has 172 valence electrons. The Morgan fingerprint density at radius 3 is 2.21 bits per heavy atom. The molecule has 0 aliphatic carbocycles. The summed E-state index contributed by atoms with van der Waals surface area (Å²) in [5.74, 6) is -0.559. The highest BCUT2D eigenvalue weighted by Gasteiger charge is 2.42. The molecule has 3 aromatic rings. The molecule has 5 heteroatoms. The third-order valence-electron chi connectivity index (χ3n) is 6.94. The molecule has 1 aliphatic rings. The van der Waals surface area contributed by atoms with Crippen LogP contribution in [0.1, 0.15) is 49.8 Å². The van der Waals surface area contributed by atoms with Gasteiger partial charge in [0.2, 0.25) is 5.91 Å². The lowest BCUT2D eigenvalue weighted by atomic mass is 9.69. The van der Waals surface area contributed by atoms with Crippen molar-refractivity contribution in [1.82, 2.24) is 4.90 Å². The highest BCUT2D eigenvalue weighted by atomic mass is 19.1. The summed E-state index contributed by atoms with van der Waals surface area (Å²) in [6.07, 6.45) is 1.98. The highest BCUT2D eigenvalue weighted by Crippen LogP contribution is 2.43. The highest BCUT2D eigenvalue weighted by molar-refractivity contribution is 5.79. The molecule has 3 aromatic carbocycles. The zero-order valence-corrected chi connectivity index (χ0v) is 18.8. The molecule has 1 heterocycles. The summed E-state index contributed by atoms with van der Waals surface area (Å²) in [7, 11) is 0. The number of hydrogen-bond acceptors (Lipinski definition) is 2. The maximum Gasteiger partial charge on any atom is 0.223 e. The quantitative estimate of drug-likeness (QED) is 0.479. The molecule has 1 aliphatic heterocycles. The van der Waals surface area contributed by atoms with E-state index >= 15 is 0 Å². The van der Waals surface area contributed by atoms with E-state index in [0.29, 0.717) is 31.4 Å². The fraction of sp³-hybridized carbons (Fsp3) is 0.321. The molecule has 3 nitrogen and oxygen atoms in total. The van der Waals surface area contributed by atoms with Gasteiger partial charge in [0.25, 0.3) is 0 Å². The predicted molar refractivity (Wildman–Crippen MR) is 126 cm³/mol. The van der Waals surface area contributed by atoms with E-state index < -0.39 is 5.41 Å². The SMILES string of the molecule is C[C@@H](c1ccc(-c2ccc(F)cc2)cc1)N1CC[C@](CCCO)(c2ccccc2F)CC1=O. The number of aliphatic hydroxyl groups is 1. The molecule has 0 aromatic heterocycles. The summed E-state index contributed by atoms with van der Waals surface area (Å²) in [6.45, 7) is 2.55. The second-order valence-corrected chi connectivity index (χ2v) is 8.91. The van der Waals surface area contributed by atoms with Gasteiger partial charge >= 0.3 is 0 Å². The Hall–Kier alpha value is -3.05. The average Bonchev–Trinajstić information content (AvgIpc) is 2.83. The summed E-state index contributed by atoms with van der Waals surface area (Å²) in [4.78, 5) is 15.2. The van der Waals surface area contributed by atoms with Gasteiger partial charge in [0.1, 0.15) is 11.6 Å². The van der Waals surface area contributed by atoms with Crippen LogP contribution in [0.25, 0.3) is 11.1 Å². The van der Waals surface area contributed by atoms with Crippen molar-refractivity contribution >= 4 is 5.91 Å². The summed E-state index contributed by atoms with van der Waals surface area (Å²) >= 11 is 0. The topological polar surface area (TPSA) is 40.5 Å². The molecule has 2 atom stereocenters. The molecular formula is C28H29F2NO2. The maximum absolute atomic E-state index is 14.7. The fourth-order valence-corrected chi connectivity index (χ4v) is 5.01. The van der Waals surface area contributed by atoms with Crippen molar-refractivity contribution in [2.24, 2.45) is 0 Å². The normalized spacial score (nSPS) is 19.5. The Labute approximate surface area is 193 Å². The number of amides is 1. The second-order valence-electron chi connectivity index (χ2n) is 8.91. The van der Waals surface area contributed by atoms with Crippen LogP contribution in [0.3, 0.4) is 0 Å². The smallest absolute Gasteiger partial charge is 0.223 e. The van der Waals surface area contributed by atoms with Crippen molar-refractivity contribution in [3.63, 3.8) is 0 Å². The summed E-state index contributed by atoms with van der Waals surface area (Å²) in [5, 5.41) is 9.39. The lowest BCUT2D eigenvalue weighted by molar-refractivity contribution is -0.138. The molecule has 1 N–H and O–H groups in total. The molecule has 0 saturated carbocycles. The molecule has 0 spiro atoms. The third kappa shape index (κ3) is 4.83. The Bertz CT molecular complexity index is 1100. The van der Waals surface area contributed by atoms with Crippen LogP contribution >= 0.6 is 0 Å². The van der Waals surface area contributed by atoms with Gasteiger partial charge in [0.05, 0.1) is 6.04 Å². The lowest BCUT2D eigenvalue weighted by Crippen LogP contribution is -2.47. The summed E-state index contributed by atoms with van der Waals surface area (Å²) in [6, 6.07) is 20.9. The third-order valence-corrected chi connectivity index (χ3v) is 6.94. The van der Waals surface area contributed by atoms with Crippen LogP contribution in [0.5, 0.6) is 0 Å². The summed E-state index contributed by atoms with van der Waals surface area (Å²) in [5.41, 5.74) is 2.92. The van der Waals surface area contributed by atoms with Gasteiger partial charge in [-0.25, -0.2) is 8.78 Å². The van der Waals surface area contributed by atoms with Crippen LogP contribution in [0, 0.1) is 11.6 Å². The molecule has 4 rings (SSSR count). The maximum atomic E-state index is 14.7. The number of aliphatic hydroxyl groups excluding tert-OH is 1. The molecule has 0 bridgehead atoms. The number of rotatable bonds is 7. The van der Waals surface area contributed by atoms with Gasteiger partial charge in [-0.05, 0) is 66.6 Å². The Morgan fingerprint density at radius 2 is 1.61 bits per heavy atom. The van der Waals surface area contributed by atoms with E-state index in [1.165, 1.54) is 18.2 Å². The van der Waals surface area contributed by atoms with Crippen LogP contribution in [0.2, 0.25) is 0 Å². The van der Waals surface area contributed by atoms with Gasteiger partial charge in [-0.1, -0.05) is 54.6 Å². The van der Waals surface area contributed by atoms with Crippen molar-refractivity contribution in [3.8, 4) is 11.1 Å². The van der Waals surface area contributed by atoms with Gasteiger partial charge in [-0.15, -0.1) is 0 Å². The van der Waals surface area contributed by atoms with Crippen LogP contribution in [0.4, 0.5) is 8.78 Å². The van der Waals surface area contributed by atoms with Crippen molar-refractivity contribution in [2.75, 3.05) is 13.2 Å². The number of benzene rings is 3. The first-order valence-electron chi connectivity index (χ1n) is 11.4. The van der Waals surface area contributed by atoms with Crippen molar-refractivity contribution < 1.29 is 18.7 Å². The van der Waals surface area contributed by atoms with E-state index in [-0.39, 0.29) is 36.6 Å². The van der Waals surface area contributed by atoms with Crippen LogP contribution < -0.4 is 0 Å². The molecular weight excluding hydrogens is 420 g/mol. The number of piperidine rings is 1. The van der Waals surface area contributed by atoms with Crippen molar-refractivity contribution in [1.29, 1.82) is 0 Å². The van der Waals surface area contributed by atoms with E-state index in [4.69, 9.17) is 0 Å². The Kier molecular flexibility index (Phi) is 6.89. The van der Waals surface area contributed by atoms with Crippen molar-refractivity contribution in [2.45, 2.75) is 44.1 Å². The van der Waals surface area contributed by atoms with Crippen LogP contribution in [-0.2, 0) is 10.2 Å². The predicted octanol–water partition coefficient (Wildman–Crippen LogP) is 6.03. The van der Waals surface area contributed by atoms with Crippen LogP contribution in [0.15, 0.2) is 72.8 Å². The number of carbonyl (C=O) groups excluding carboxylic acids is 1. The largest absolute Gasteiger partial charge is 0.396 e. The van der Waals surface area contributed by atoms with Gasteiger partial charge in [0, 0.05) is 25.0 Å². The van der Waals surface area contributed by atoms with E-state index in [0.717, 1.165) is 16.7 Å². The zero-order chi connectivity index (χ0) is 23.4. The van der Waals surface area contributed by atoms with Crippen LogP contribution in [-0.4, -0.2) is 29.1 Å². The molecule has 1 fully saturated rings. The van der Waals surface area contributed by atoms with E-state index in [2.05, 4.69) is 0 Å². The van der Waals surface area contributed by atoms with Gasteiger partial charge in [-0.3, -0.25) is 4.79 Å². The number of carbonyl (C=O) groups is 1. The van der Waals surface area contributed by atoms with Gasteiger partial charge in [0.15, 0.2) is 0 Å². The zero-order valence-electron chi connectivity index (χ0n) is 18.8. The first-order valence-corrected chi connectivity index (χ1v) is 11.4. The standard InChI is InChI=1S/C28H29F2NO2/c1-20(21-7-9-22(10-8-21)23-11-13-24(29)14-12-23)31-17-16-28(15-4-18-32,19-27(31)33)25-5-2-3-6-26(25)30/h2-3,5-14,20,32H,4,15-19H2,1H3/t20-,28-/m0/s1. The van der Waals surface area contributed by atoms with E-state index in [9.17, 15) is 18.7 Å². The minimum atomic E-state index is -0.589. The number of halogens is 2. The molecule has 0 unspecified atom stereocenters. The molecule has 0 radical (unpaired) electrons. The van der Waals surface area contributed by atoms with E-state index in [1.54, 1.807) is 30.3 Å². The minimum Gasteiger partial charge on any atom is -0.396 e. The molecule has 1 saturated heterocycles. The number of likely N-dealkylation sites (tertiary alicyclic amines) is 1. The first-order chi connectivity index (χ1) is 15.9. The van der Waals surface area contributed by atoms with Crippen molar-refractivity contribution in [3.05, 3.63) is 95.6 Å². The number of hydrogen-bond donors (Lipinski definition) is 1. The average molecular weight is 450 g/mol. The lowest BCUT2D eigenvalue weighted by Gasteiger charge is -2.44. The molecule has 1 amide bonds. The van der Waals surface area contributed by atoms with Gasteiger partial charge in [-0.2, -0.15) is 0 Å². The Balaban J connectivity index is 1.52. The van der Waals surface area contributed by atoms with E-state index in [1.807, 2.05) is 36.1 Å². The molecule has 33 heavy (non-hydrogen) atoms. The number of nitrogens with zero attached hydrogens (tertiary/aromatic N) is 1.